The molecule has 4 rings (SSSR count). The molecule has 1 aliphatic rings. The summed E-state index contributed by atoms with van der Waals surface area (Å²) in [6.07, 6.45) is 5.38. The number of anilines is 2. The first-order valence-electron chi connectivity index (χ1n) is 8.36. The van der Waals surface area contributed by atoms with Crippen molar-refractivity contribution in [1.82, 2.24) is 19.4 Å². The lowest BCUT2D eigenvalue weighted by Gasteiger charge is -2.17. The van der Waals surface area contributed by atoms with E-state index in [0.29, 0.717) is 32.6 Å². The Kier molecular flexibility index (Phi) is 5.79. The summed E-state index contributed by atoms with van der Waals surface area (Å²) in [6.45, 7) is 1.58. The first-order chi connectivity index (χ1) is 12.5. The van der Waals surface area contributed by atoms with Crippen molar-refractivity contribution in [3.8, 4) is 0 Å². The number of hydrogen-bond donors (Lipinski definition) is 1. The molecule has 142 valence electrons. The van der Waals surface area contributed by atoms with Crippen LogP contribution in [0.1, 0.15) is 23.2 Å². The smallest absolute Gasteiger partial charge is 0.257 e. The van der Waals surface area contributed by atoms with E-state index in [9.17, 15) is 4.79 Å². The number of carbonyl (C=O) groups is 1. The number of aromatic nitrogens is 3. The van der Waals surface area contributed by atoms with Crippen molar-refractivity contribution >= 4 is 64.1 Å². The number of amides is 1. The van der Waals surface area contributed by atoms with Gasteiger partial charge in [0.25, 0.3) is 5.91 Å². The molecule has 0 aliphatic carbocycles. The Morgan fingerprint density at radius 3 is 2.63 bits per heavy atom. The van der Waals surface area contributed by atoms with Crippen LogP contribution in [0.2, 0.25) is 10.0 Å². The molecule has 27 heavy (non-hydrogen) atoms. The molecular formula is C18H18Cl3N5O. The van der Waals surface area contributed by atoms with Gasteiger partial charge >= 0.3 is 0 Å². The van der Waals surface area contributed by atoms with Gasteiger partial charge in [0.1, 0.15) is 5.52 Å². The monoisotopic (exact) mass is 425 g/mol. The largest absolute Gasteiger partial charge is 0.339 e. The van der Waals surface area contributed by atoms with Crippen LogP contribution in [0.3, 0.4) is 0 Å². The van der Waals surface area contributed by atoms with Crippen LogP contribution >= 0.6 is 35.6 Å². The van der Waals surface area contributed by atoms with Gasteiger partial charge in [0.2, 0.25) is 0 Å². The zero-order valence-electron chi connectivity index (χ0n) is 14.6. The lowest BCUT2D eigenvalue weighted by atomic mass is 10.2. The van der Waals surface area contributed by atoms with Crippen molar-refractivity contribution in [3.05, 3.63) is 46.3 Å². The molecule has 3 heterocycles. The average molecular weight is 427 g/mol. The number of halogens is 3. The second kappa shape index (κ2) is 7.92. The normalized spacial score (nSPS) is 13.7. The second-order valence-electron chi connectivity index (χ2n) is 6.32. The molecule has 1 N–H and O–H groups in total. The Morgan fingerprint density at radius 1 is 1.19 bits per heavy atom. The number of benzene rings is 1. The van der Waals surface area contributed by atoms with Gasteiger partial charge < -0.3 is 14.8 Å². The van der Waals surface area contributed by atoms with E-state index in [1.165, 1.54) is 0 Å². The van der Waals surface area contributed by atoms with Crippen molar-refractivity contribution in [2.24, 2.45) is 7.05 Å². The first kappa shape index (κ1) is 19.7. The average Bonchev–Trinajstić information content (AvgIpc) is 3.28. The zero-order chi connectivity index (χ0) is 18.3. The minimum atomic E-state index is -0.000301. The van der Waals surface area contributed by atoms with Crippen LogP contribution in [0.5, 0.6) is 0 Å². The Hall–Kier alpha value is -2.02. The maximum atomic E-state index is 12.9. The molecule has 0 saturated carbocycles. The molecule has 1 fully saturated rings. The van der Waals surface area contributed by atoms with E-state index in [1.807, 2.05) is 16.5 Å². The van der Waals surface area contributed by atoms with Crippen molar-refractivity contribution < 1.29 is 4.79 Å². The highest BCUT2D eigenvalue weighted by Crippen LogP contribution is 2.31. The lowest BCUT2D eigenvalue weighted by molar-refractivity contribution is 0.0794. The van der Waals surface area contributed by atoms with E-state index in [1.54, 1.807) is 30.7 Å². The van der Waals surface area contributed by atoms with Crippen molar-refractivity contribution in [2.75, 3.05) is 18.4 Å². The molecule has 0 atom stereocenters. The summed E-state index contributed by atoms with van der Waals surface area (Å²) in [7, 11) is 1.87. The summed E-state index contributed by atoms with van der Waals surface area (Å²) in [4.78, 5) is 23.6. The third kappa shape index (κ3) is 3.70. The SMILES string of the molecule is Cl.Cn1cnc2c(Nc3ccc(Cl)cc3Cl)ncc(C(=O)N3CCCC3)c21. The Labute approximate surface area is 172 Å². The van der Waals surface area contributed by atoms with Crippen LogP contribution in [-0.4, -0.2) is 38.4 Å². The number of nitrogens with zero attached hydrogens (tertiary/aromatic N) is 4. The Bertz CT molecular complexity index is 998. The van der Waals surface area contributed by atoms with Crippen molar-refractivity contribution in [3.63, 3.8) is 0 Å². The first-order valence-corrected chi connectivity index (χ1v) is 9.11. The standard InChI is InChI=1S/C18H17Cl2N5O.ClH/c1-24-10-22-15-16(24)12(18(26)25-6-2-3-7-25)9-21-17(15)23-14-5-4-11(19)8-13(14)20;/h4-5,8-10H,2-3,6-7H2,1H3,(H,21,23);1H. The number of aryl methyl sites for hydroxylation is 1. The number of nitrogens with one attached hydrogen (secondary N) is 1. The van der Waals surface area contributed by atoms with Gasteiger partial charge in [-0.3, -0.25) is 4.79 Å². The molecule has 9 heteroatoms. The quantitative estimate of drug-likeness (QED) is 0.660. The van der Waals surface area contributed by atoms with Crippen LogP contribution in [0.15, 0.2) is 30.7 Å². The topological polar surface area (TPSA) is 63.1 Å². The highest BCUT2D eigenvalue weighted by molar-refractivity contribution is 6.36. The van der Waals surface area contributed by atoms with Crippen LogP contribution in [-0.2, 0) is 7.05 Å². The summed E-state index contributed by atoms with van der Waals surface area (Å²) in [5, 5.41) is 4.23. The number of carbonyl (C=O) groups excluding carboxylic acids is 1. The van der Waals surface area contributed by atoms with E-state index >= 15 is 0 Å². The van der Waals surface area contributed by atoms with Gasteiger partial charge in [0, 0.05) is 31.4 Å². The number of imidazole rings is 1. The number of pyridine rings is 1. The maximum absolute atomic E-state index is 12.9. The number of fused-ring (bicyclic) bond motifs is 1. The van der Waals surface area contributed by atoms with Crippen LogP contribution in [0.25, 0.3) is 11.0 Å². The fraction of sp³-hybridized carbons (Fsp3) is 0.278. The maximum Gasteiger partial charge on any atom is 0.257 e. The molecule has 6 nitrogen and oxygen atoms in total. The van der Waals surface area contributed by atoms with E-state index in [-0.39, 0.29) is 18.3 Å². The van der Waals surface area contributed by atoms with E-state index in [4.69, 9.17) is 23.2 Å². The fourth-order valence-electron chi connectivity index (χ4n) is 3.23. The minimum Gasteiger partial charge on any atom is -0.339 e. The predicted molar refractivity (Wildman–Crippen MR) is 111 cm³/mol. The Morgan fingerprint density at radius 2 is 1.93 bits per heavy atom. The molecular weight excluding hydrogens is 409 g/mol. The minimum absolute atomic E-state index is 0. The third-order valence-corrected chi connectivity index (χ3v) is 5.09. The summed E-state index contributed by atoms with van der Waals surface area (Å²) in [5.41, 5.74) is 2.62. The number of hydrogen-bond acceptors (Lipinski definition) is 4. The molecule has 1 aliphatic heterocycles. The molecule has 0 radical (unpaired) electrons. The zero-order valence-corrected chi connectivity index (χ0v) is 16.9. The second-order valence-corrected chi connectivity index (χ2v) is 7.17. The molecule has 3 aromatic rings. The number of rotatable bonds is 3. The van der Waals surface area contributed by atoms with Gasteiger partial charge in [-0.15, -0.1) is 12.4 Å². The van der Waals surface area contributed by atoms with Crippen molar-refractivity contribution in [2.45, 2.75) is 12.8 Å². The van der Waals surface area contributed by atoms with Gasteiger partial charge in [-0.2, -0.15) is 0 Å². The molecule has 1 saturated heterocycles. The fourth-order valence-corrected chi connectivity index (χ4v) is 3.69. The highest BCUT2D eigenvalue weighted by atomic mass is 35.5. The third-order valence-electron chi connectivity index (χ3n) is 4.55. The summed E-state index contributed by atoms with van der Waals surface area (Å²) in [6, 6.07) is 5.19. The van der Waals surface area contributed by atoms with Gasteiger partial charge in [-0.1, -0.05) is 23.2 Å². The van der Waals surface area contributed by atoms with E-state index in [0.717, 1.165) is 31.4 Å². The molecule has 0 spiro atoms. The van der Waals surface area contributed by atoms with Gasteiger partial charge in [-0.25, -0.2) is 9.97 Å². The molecule has 0 bridgehead atoms. The van der Waals surface area contributed by atoms with Crippen molar-refractivity contribution in [1.29, 1.82) is 0 Å². The highest BCUT2D eigenvalue weighted by Gasteiger charge is 2.24. The summed E-state index contributed by atoms with van der Waals surface area (Å²) in [5.74, 6) is 0.544. The van der Waals surface area contributed by atoms with Crippen LogP contribution < -0.4 is 5.32 Å². The molecule has 1 aromatic carbocycles. The van der Waals surface area contributed by atoms with Crippen LogP contribution in [0.4, 0.5) is 11.5 Å². The molecule has 0 unspecified atom stereocenters. The lowest BCUT2D eigenvalue weighted by Crippen LogP contribution is -2.28. The van der Waals surface area contributed by atoms with Crippen LogP contribution in [0, 0.1) is 0 Å². The number of likely N-dealkylation sites (tertiary alicyclic amines) is 1. The molecule has 1 amide bonds. The predicted octanol–water partition coefficient (Wildman–Crippen LogP) is 4.68. The van der Waals surface area contributed by atoms with Gasteiger partial charge in [0.05, 0.1) is 28.1 Å². The molecule has 2 aromatic heterocycles. The van der Waals surface area contributed by atoms with Gasteiger partial charge in [-0.05, 0) is 31.0 Å². The van der Waals surface area contributed by atoms with E-state index < -0.39 is 0 Å². The Balaban J connectivity index is 0.00000210. The summed E-state index contributed by atoms with van der Waals surface area (Å²) >= 11 is 12.2. The van der Waals surface area contributed by atoms with Gasteiger partial charge in [0.15, 0.2) is 5.82 Å². The van der Waals surface area contributed by atoms with E-state index in [2.05, 4.69) is 15.3 Å². The summed E-state index contributed by atoms with van der Waals surface area (Å²) < 4.78 is 1.84.